The first kappa shape index (κ1) is 34.1. The molecule has 2 aliphatic rings. The van der Waals surface area contributed by atoms with Crippen molar-refractivity contribution in [2.75, 3.05) is 0 Å². The van der Waals surface area contributed by atoms with Gasteiger partial charge < -0.3 is 24.8 Å². The van der Waals surface area contributed by atoms with Crippen molar-refractivity contribution >= 4 is 3.26 Å². The van der Waals surface area contributed by atoms with Crippen LogP contribution < -0.4 is 24.8 Å². The Morgan fingerprint density at radius 3 is 1.89 bits per heavy atom. The van der Waals surface area contributed by atoms with Gasteiger partial charge in [-0.3, -0.25) is 0 Å². The van der Waals surface area contributed by atoms with Crippen molar-refractivity contribution in [3.05, 3.63) is 89.0 Å². The maximum atomic E-state index is 3.67. The molecule has 200 valence electrons. The van der Waals surface area contributed by atoms with Crippen molar-refractivity contribution < 1.29 is 48.7 Å². The molecule has 0 spiro atoms. The summed E-state index contributed by atoms with van der Waals surface area (Å²) >= 11 is 1.33. The molecule has 37 heavy (non-hydrogen) atoms. The molecule has 2 aliphatic carbocycles. The van der Waals surface area contributed by atoms with E-state index >= 15 is 0 Å². The van der Waals surface area contributed by atoms with Gasteiger partial charge >= 0.3 is 72.1 Å². The second kappa shape index (κ2) is 15.0. The van der Waals surface area contributed by atoms with Gasteiger partial charge in [-0.2, -0.15) is 42.0 Å². The molecular weight excluding hydrogens is 658 g/mol. The second-order valence-electron chi connectivity index (χ2n) is 12.3. The van der Waals surface area contributed by atoms with Crippen LogP contribution in [0.1, 0.15) is 103 Å². The number of hydrogen-bond donors (Lipinski definition) is 0. The normalized spacial score (nSPS) is 14.4. The molecule has 0 aromatic heterocycles. The standard InChI is InChI=1S/C21H25.C8H14.C5H5.2ClH.Hf/c1-20(2,3)16-7-9-18-14(12-16)11-15-13-17(21(4,5)6)8-10-19(15)18;1-2-8-6-4-3-5-7-8;1-2-4-5-3-1;;;/h7-10,12H,11H2,1-6H3;8H,3-7H2,1H3;1-5H;2*1H;/q-1;;-1;;;+2/p-2. The molecule has 0 bridgehead atoms. The minimum Gasteiger partial charge on any atom is -1.00 e. The number of halogens is 2. The molecule has 3 aromatic carbocycles. The molecule has 1 fully saturated rings. The molecule has 0 radical (unpaired) electrons. The summed E-state index contributed by atoms with van der Waals surface area (Å²) in [7, 11) is 0. The Labute approximate surface area is 254 Å². The van der Waals surface area contributed by atoms with Gasteiger partial charge in [0.15, 0.2) is 0 Å². The zero-order valence-corrected chi connectivity index (χ0v) is 29.0. The van der Waals surface area contributed by atoms with Crippen molar-refractivity contribution in [2.45, 2.75) is 97.8 Å². The van der Waals surface area contributed by atoms with Gasteiger partial charge in [-0.1, -0.05) is 65.3 Å². The van der Waals surface area contributed by atoms with E-state index in [0.717, 1.165) is 12.3 Å². The third kappa shape index (κ3) is 9.98. The SMILES string of the molecule is CC(C)(C)c1[c-]c2c(cc1)-c1ccc(C(C)(C)C)cc1C2.C[C](=[Hf+2])C1CCCCC1.[Cl-].[Cl-].c1cc[cH-]c1. The van der Waals surface area contributed by atoms with Gasteiger partial charge in [-0.15, -0.1) is 11.1 Å². The van der Waals surface area contributed by atoms with Crippen molar-refractivity contribution in [2.24, 2.45) is 5.92 Å². The smallest absolute Gasteiger partial charge is 0.172 e. The summed E-state index contributed by atoms with van der Waals surface area (Å²) in [5.41, 5.74) is 8.70. The fourth-order valence-electron chi connectivity index (χ4n) is 4.88. The predicted octanol–water partition coefficient (Wildman–Crippen LogP) is 3.37. The topological polar surface area (TPSA) is 0 Å². The fourth-order valence-corrected chi connectivity index (χ4v) is 5.92. The van der Waals surface area contributed by atoms with Gasteiger partial charge in [-0.05, 0) is 28.4 Å². The van der Waals surface area contributed by atoms with E-state index in [1.807, 2.05) is 30.3 Å². The predicted molar refractivity (Wildman–Crippen MR) is 150 cm³/mol. The molecule has 0 N–H and O–H groups in total. The van der Waals surface area contributed by atoms with Crippen LogP contribution in [0.5, 0.6) is 0 Å². The minimum atomic E-state index is 0. The molecule has 0 saturated heterocycles. The minimum absolute atomic E-state index is 0. The molecule has 0 amide bonds. The van der Waals surface area contributed by atoms with Crippen LogP contribution in [-0.4, -0.2) is 3.26 Å². The van der Waals surface area contributed by atoms with Gasteiger partial charge in [0.25, 0.3) is 0 Å². The number of fused-ring (bicyclic) bond motifs is 3. The van der Waals surface area contributed by atoms with Crippen LogP contribution in [0.25, 0.3) is 11.1 Å². The number of hydrogen-bond acceptors (Lipinski definition) is 0. The molecule has 1 saturated carbocycles. The average Bonchev–Trinajstić information content (AvgIpc) is 3.49. The van der Waals surface area contributed by atoms with E-state index in [0.29, 0.717) is 0 Å². The summed E-state index contributed by atoms with van der Waals surface area (Å²) in [6.07, 6.45) is 8.49. The van der Waals surface area contributed by atoms with Crippen LogP contribution in [0.15, 0.2) is 60.7 Å². The molecular formula is C34H44Cl2Hf-2. The molecule has 0 nitrogen and oxygen atoms in total. The zero-order chi connectivity index (χ0) is 25.6. The summed E-state index contributed by atoms with van der Waals surface area (Å²) in [5.74, 6) is 1.03. The van der Waals surface area contributed by atoms with E-state index in [1.165, 1.54) is 89.4 Å². The Bertz CT molecular complexity index is 1010. The van der Waals surface area contributed by atoms with E-state index < -0.39 is 0 Å². The molecule has 0 aliphatic heterocycles. The first-order valence-electron chi connectivity index (χ1n) is 13.4. The van der Waals surface area contributed by atoms with E-state index in [1.54, 1.807) is 3.26 Å². The Hall–Kier alpha value is -0.890. The Balaban J connectivity index is 0.000000354. The molecule has 3 heteroatoms. The average molecular weight is 702 g/mol. The summed E-state index contributed by atoms with van der Waals surface area (Å²) in [5, 5.41) is 0. The first-order valence-corrected chi connectivity index (χ1v) is 15.2. The second-order valence-corrected chi connectivity index (χ2v) is 15.1. The summed E-state index contributed by atoms with van der Waals surface area (Å²) < 4.78 is 1.79. The fraction of sp³-hybridized carbons (Fsp3) is 0.471. The van der Waals surface area contributed by atoms with Gasteiger partial charge in [0.05, 0.1) is 0 Å². The van der Waals surface area contributed by atoms with Crippen molar-refractivity contribution in [1.82, 2.24) is 0 Å². The van der Waals surface area contributed by atoms with Crippen molar-refractivity contribution in [1.29, 1.82) is 0 Å². The Kier molecular flexibility index (Phi) is 13.9. The maximum absolute atomic E-state index is 3.67. The number of rotatable bonds is 1. The molecule has 0 unspecified atom stereocenters. The summed E-state index contributed by atoms with van der Waals surface area (Å²) in [4.78, 5) is 0. The van der Waals surface area contributed by atoms with Gasteiger partial charge in [-0.25, -0.2) is 12.1 Å². The molecule has 3 aromatic rings. The van der Waals surface area contributed by atoms with Crippen molar-refractivity contribution in [3.63, 3.8) is 0 Å². The van der Waals surface area contributed by atoms with Crippen LogP contribution >= 0.6 is 0 Å². The van der Waals surface area contributed by atoms with E-state index in [4.69, 9.17) is 0 Å². The molecule has 0 atom stereocenters. The largest absolute Gasteiger partial charge is 1.00 e. The Morgan fingerprint density at radius 1 is 0.838 bits per heavy atom. The Morgan fingerprint density at radius 2 is 1.43 bits per heavy atom. The van der Waals surface area contributed by atoms with E-state index in [-0.39, 0.29) is 35.6 Å². The summed E-state index contributed by atoms with van der Waals surface area (Å²) in [6, 6.07) is 25.2. The monoisotopic (exact) mass is 702 g/mol. The van der Waals surface area contributed by atoms with Crippen LogP contribution in [0, 0.1) is 12.0 Å². The van der Waals surface area contributed by atoms with E-state index in [9.17, 15) is 0 Å². The summed E-state index contributed by atoms with van der Waals surface area (Å²) in [6.45, 7) is 15.9. The molecule has 5 rings (SSSR count). The first-order chi connectivity index (χ1) is 16.5. The van der Waals surface area contributed by atoms with Crippen molar-refractivity contribution in [3.8, 4) is 11.1 Å². The van der Waals surface area contributed by atoms with Crippen LogP contribution in [0.2, 0.25) is 0 Å². The number of benzene rings is 2. The van der Waals surface area contributed by atoms with Gasteiger partial charge in [0.1, 0.15) is 0 Å². The van der Waals surface area contributed by atoms with E-state index in [2.05, 4.69) is 84.9 Å². The quantitative estimate of drug-likeness (QED) is 0.211. The van der Waals surface area contributed by atoms with Crippen LogP contribution in [-0.2, 0) is 41.1 Å². The molecule has 0 heterocycles. The van der Waals surface area contributed by atoms with Gasteiger partial charge in [0, 0.05) is 0 Å². The third-order valence-corrected chi connectivity index (χ3v) is 8.70. The van der Waals surface area contributed by atoms with Crippen LogP contribution in [0.3, 0.4) is 0 Å². The maximum Gasteiger partial charge on any atom is -0.172 e. The van der Waals surface area contributed by atoms with Crippen LogP contribution in [0.4, 0.5) is 0 Å². The third-order valence-electron chi connectivity index (χ3n) is 7.24. The zero-order valence-electron chi connectivity index (χ0n) is 23.8. The van der Waals surface area contributed by atoms with Gasteiger partial charge in [0.2, 0.25) is 0 Å².